The van der Waals surface area contributed by atoms with E-state index < -0.39 is 5.91 Å². The van der Waals surface area contributed by atoms with Gasteiger partial charge in [-0.2, -0.15) is 5.54 Å². The van der Waals surface area contributed by atoms with Gasteiger partial charge in [0.15, 0.2) is 0 Å². The molecule has 0 rings (SSSR count). The average Bonchev–Trinajstić information content (AvgIpc) is 2.16. The zero-order valence-corrected chi connectivity index (χ0v) is 8.35. The maximum atomic E-state index is 11.6. The number of amides is 1. The summed E-state index contributed by atoms with van der Waals surface area (Å²) in [6, 6.07) is 0. The van der Waals surface area contributed by atoms with Crippen LogP contribution in [-0.2, 0) is 4.79 Å². The molecule has 0 aromatic heterocycles. The standard InChI is InChI=1S/C10H18FNO/c1-3-4-5-6-7-8-9(2)10(13)12-11/h6-7,9H,3-5,8H2,1-2H3,(H,12,13)/b7-6+/t9-/m0/s1. The van der Waals surface area contributed by atoms with Gasteiger partial charge < -0.3 is 0 Å². The van der Waals surface area contributed by atoms with Crippen molar-refractivity contribution >= 4 is 5.91 Å². The van der Waals surface area contributed by atoms with Gasteiger partial charge >= 0.3 is 0 Å². The van der Waals surface area contributed by atoms with Crippen LogP contribution < -0.4 is 5.54 Å². The van der Waals surface area contributed by atoms with Crippen molar-refractivity contribution in [2.24, 2.45) is 5.92 Å². The second kappa shape index (κ2) is 7.77. The number of carbonyl (C=O) groups excluding carboxylic acids is 1. The average molecular weight is 187 g/mol. The fraction of sp³-hybridized carbons (Fsp3) is 0.700. The fourth-order valence-corrected chi connectivity index (χ4v) is 0.940. The van der Waals surface area contributed by atoms with E-state index >= 15 is 0 Å². The lowest BCUT2D eigenvalue weighted by molar-refractivity contribution is -0.128. The number of halogens is 1. The fourth-order valence-electron chi connectivity index (χ4n) is 0.940. The first-order chi connectivity index (χ1) is 6.22. The molecular formula is C10H18FNO. The molecule has 76 valence electrons. The van der Waals surface area contributed by atoms with Crippen molar-refractivity contribution in [2.45, 2.75) is 39.5 Å². The van der Waals surface area contributed by atoms with Gasteiger partial charge in [-0.25, -0.2) is 0 Å². The summed E-state index contributed by atoms with van der Waals surface area (Å²) in [5.74, 6) is -0.817. The van der Waals surface area contributed by atoms with Crippen LogP contribution in [0.4, 0.5) is 4.48 Å². The molecule has 13 heavy (non-hydrogen) atoms. The largest absolute Gasteiger partial charge is 0.272 e. The molecule has 0 saturated heterocycles. The Bertz CT molecular complexity index is 168. The Morgan fingerprint density at radius 2 is 2.23 bits per heavy atom. The highest BCUT2D eigenvalue weighted by Crippen LogP contribution is 2.04. The van der Waals surface area contributed by atoms with E-state index in [4.69, 9.17) is 0 Å². The summed E-state index contributed by atoms with van der Waals surface area (Å²) in [6.07, 6.45) is 7.98. The minimum atomic E-state index is -0.542. The van der Waals surface area contributed by atoms with Crippen LogP contribution in [0.25, 0.3) is 0 Å². The van der Waals surface area contributed by atoms with Gasteiger partial charge in [0.25, 0.3) is 5.91 Å². The molecule has 1 amide bonds. The molecule has 0 spiro atoms. The summed E-state index contributed by atoms with van der Waals surface area (Å²) in [4.78, 5) is 10.7. The zero-order chi connectivity index (χ0) is 10.1. The third-order valence-electron chi connectivity index (χ3n) is 1.92. The SMILES string of the molecule is CCCC/C=C/C[C@H](C)C(=O)NF. The molecule has 0 fully saturated rings. The van der Waals surface area contributed by atoms with Gasteiger partial charge in [-0.3, -0.25) is 4.79 Å². The van der Waals surface area contributed by atoms with Crippen LogP contribution in [0, 0.1) is 5.92 Å². The van der Waals surface area contributed by atoms with Crippen LogP contribution >= 0.6 is 0 Å². The molecule has 0 aromatic rings. The van der Waals surface area contributed by atoms with Crippen molar-refractivity contribution < 1.29 is 9.28 Å². The number of allylic oxidation sites excluding steroid dienone is 2. The molecule has 0 aliphatic carbocycles. The predicted molar refractivity (Wildman–Crippen MR) is 51.7 cm³/mol. The molecular weight excluding hydrogens is 169 g/mol. The van der Waals surface area contributed by atoms with Gasteiger partial charge in [0.1, 0.15) is 0 Å². The van der Waals surface area contributed by atoms with E-state index in [0.717, 1.165) is 12.0 Å². The smallest absolute Gasteiger partial charge is 0.250 e. The van der Waals surface area contributed by atoms with Crippen LogP contribution in [0.15, 0.2) is 12.2 Å². The zero-order valence-electron chi connectivity index (χ0n) is 8.35. The Kier molecular flexibility index (Phi) is 7.26. The van der Waals surface area contributed by atoms with E-state index in [-0.39, 0.29) is 5.92 Å². The topological polar surface area (TPSA) is 29.1 Å². The van der Waals surface area contributed by atoms with Crippen molar-refractivity contribution in [2.75, 3.05) is 0 Å². The number of hydrogen-bond donors (Lipinski definition) is 1. The Morgan fingerprint density at radius 1 is 1.54 bits per heavy atom. The second-order valence-electron chi connectivity index (χ2n) is 3.21. The van der Waals surface area contributed by atoms with Gasteiger partial charge in [0.2, 0.25) is 0 Å². The number of rotatable bonds is 6. The molecule has 1 N–H and O–H groups in total. The summed E-state index contributed by atoms with van der Waals surface area (Å²) >= 11 is 0. The Morgan fingerprint density at radius 3 is 2.77 bits per heavy atom. The normalized spacial score (nSPS) is 13.2. The molecule has 2 nitrogen and oxygen atoms in total. The predicted octanol–water partition coefficient (Wildman–Crippen LogP) is 2.76. The first kappa shape index (κ1) is 12.1. The highest BCUT2D eigenvalue weighted by molar-refractivity contribution is 5.77. The van der Waals surface area contributed by atoms with E-state index in [1.54, 1.807) is 6.92 Å². The van der Waals surface area contributed by atoms with Crippen molar-refractivity contribution in [3.8, 4) is 0 Å². The highest BCUT2D eigenvalue weighted by atomic mass is 19.2. The van der Waals surface area contributed by atoms with Crippen LogP contribution in [0.2, 0.25) is 0 Å². The monoisotopic (exact) mass is 187 g/mol. The van der Waals surface area contributed by atoms with Gasteiger partial charge in [0.05, 0.1) is 0 Å². The molecule has 0 aliphatic heterocycles. The second-order valence-corrected chi connectivity index (χ2v) is 3.21. The van der Waals surface area contributed by atoms with Gasteiger partial charge in [-0.05, 0) is 12.8 Å². The molecule has 0 saturated carbocycles. The molecule has 1 atom stereocenters. The summed E-state index contributed by atoms with van der Waals surface area (Å²) < 4.78 is 11.6. The quantitative estimate of drug-likeness (QED) is 0.386. The van der Waals surface area contributed by atoms with Crippen LogP contribution in [0.3, 0.4) is 0 Å². The van der Waals surface area contributed by atoms with Crippen LogP contribution in [0.1, 0.15) is 39.5 Å². The molecule has 0 aliphatic rings. The number of nitrogens with one attached hydrogen (secondary N) is 1. The number of hydrogen-bond acceptors (Lipinski definition) is 1. The third-order valence-corrected chi connectivity index (χ3v) is 1.92. The molecule has 0 radical (unpaired) electrons. The molecule has 0 heterocycles. The third kappa shape index (κ3) is 6.31. The van der Waals surface area contributed by atoms with Crippen LogP contribution in [0.5, 0.6) is 0 Å². The first-order valence-corrected chi connectivity index (χ1v) is 4.77. The number of carbonyl (C=O) groups is 1. The van der Waals surface area contributed by atoms with Gasteiger partial charge in [-0.15, -0.1) is 4.48 Å². The molecule has 3 heteroatoms. The lowest BCUT2D eigenvalue weighted by Gasteiger charge is -2.03. The van der Waals surface area contributed by atoms with E-state index in [0.29, 0.717) is 6.42 Å². The van der Waals surface area contributed by atoms with E-state index in [1.807, 2.05) is 12.2 Å². The highest BCUT2D eigenvalue weighted by Gasteiger charge is 2.09. The van der Waals surface area contributed by atoms with Crippen molar-refractivity contribution in [1.29, 1.82) is 0 Å². The maximum absolute atomic E-state index is 11.6. The first-order valence-electron chi connectivity index (χ1n) is 4.77. The summed E-state index contributed by atoms with van der Waals surface area (Å²) in [5, 5.41) is 0. The van der Waals surface area contributed by atoms with Crippen molar-refractivity contribution in [3.05, 3.63) is 12.2 Å². The van der Waals surface area contributed by atoms with Gasteiger partial charge in [0, 0.05) is 5.92 Å². The lowest BCUT2D eigenvalue weighted by Crippen LogP contribution is -2.21. The van der Waals surface area contributed by atoms with E-state index in [1.165, 1.54) is 12.8 Å². The van der Waals surface area contributed by atoms with Crippen molar-refractivity contribution in [3.63, 3.8) is 0 Å². The lowest BCUT2D eigenvalue weighted by atomic mass is 10.1. The maximum Gasteiger partial charge on any atom is 0.250 e. The molecule has 0 aromatic carbocycles. The summed E-state index contributed by atoms with van der Waals surface area (Å²) in [7, 11) is 0. The minimum Gasteiger partial charge on any atom is -0.272 e. The van der Waals surface area contributed by atoms with E-state index in [9.17, 15) is 9.28 Å². The van der Waals surface area contributed by atoms with Gasteiger partial charge in [-0.1, -0.05) is 38.8 Å². The number of unbranched alkanes of at least 4 members (excludes halogenated alkanes) is 2. The minimum absolute atomic E-state index is 0.275. The van der Waals surface area contributed by atoms with Crippen LogP contribution in [-0.4, -0.2) is 5.91 Å². The van der Waals surface area contributed by atoms with E-state index in [2.05, 4.69) is 6.92 Å². The summed E-state index contributed by atoms with van der Waals surface area (Å²) in [6.45, 7) is 3.84. The Balaban J connectivity index is 3.51. The Hall–Kier alpha value is -0.860. The summed E-state index contributed by atoms with van der Waals surface area (Å²) in [5.41, 5.74) is 1.14. The van der Waals surface area contributed by atoms with Crippen molar-refractivity contribution in [1.82, 2.24) is 5.54 Å². The molecule has 0 bridgehead atoms. The Labute approximate surface area is 79.1 Å². The molecule has 0 unspecified atom stereocenters.